The molecule has 2 atom stereocenters. The Bertz CT molecular complexity index is 602. The lowest BCUT2D eigenvalue weighted by Crippen LogP contribution is -2.38. The normalized spacial score (nSPS) is 18.4. The van der Waals surface area contributed by atoms with Crippen LogP contribution in [0.2, 0.25) is 0 Å². The third kappa shape index (κ3) is 4.13. The number of nitrogens with zero attached hydrogens (tertiary/aromatic N) is 2. The monoisotopic (exact) mass is 332 g/mol. The van der Waals surface area contributed by atoms with E-state index in [4.69, 9.17) is 4.74 Å². The molecule has 0 radical (unpaired) electrons. The van der Waals surface area contributed by atoms with E-state index in [1.54, 1.807) is 18.9 Å². The first-order chi connectivity index (χ1) is 11.4. The number of likely N-dealkylation sites (N-methyl/N-ethyl adjacent to an activating group) is 1. The zero-order chi connectivity index (χ0) is 17.7. The molecule has 2 unspecified atom stereocenters. The van der Waals surface area contributed by atoms with Crippen molar-refractivity contribution in [2.24, 2.45) is 5.92 Å². The first-order valence-electron chi connectivity index (χ1n) is 8.19. The van der Waals surface area contributed by atoms with Gasteiger partial charge < -0.3 is 14.5 Å². The Morgan fingerprint density at radius 3 is 2.62 bits per heavy atom. The van der Waals surface area contributed by atoms with Crippen LogP contribution in [-0.4, -0.2) is 54.3 Å². The van der Waals surface area contributed by atoms with Crippen LogP contribution in [0.5, 0.6) is 0 Å². The number of rotatable bonds is 6. The van der Waals surface area contributed by atoms with E-state index in [-0.39, 0.29) is 37.4 Å². The maximum Gasteiger partial charge on any atom is 0.325 e. The first-order valence-corrected chi connectivity index (χ1v) is 8.19. The van der Waals surface area contributed by atoms with Crippen LogP contribution in [-0.2, 0) is 19.1 Å². The smallest absolute Gasteiger partial charge is 0.325 e. The molecule has 1 aromatic rings. The number of esters is 1. The van der Waals surface area contributed by atoms with E-state index < -0.39 is 11.9 Å². The lowest BCUT2D eigenvalue weighted by atomic mass is 10.1. The number of carbonyl (C=O) groups is 3. The lowest BCUT2D eigenvalue weighted by molar-refractivity contribution is -0.149. The molecule has 1 saturated heterocycles. The second kappa shape index (κ2) is 7.95. The van der Waals surface area contributed by atoms with Crippen LogP contribution in [0.3, 0.4) is 0 Å². The van der Waals surface area contributed by atoms with Gasteiger partial charge >= 0.3 is 5.97 Å². The summed E-state index contributed by atoms with van der Waals surface area (Å²) < 4.78 is 4.85. The van der Waals surface area contributed by atoms with Gasteiger partial charge in [0.25, 0.3) is 0 Å². The summed E-state index contributed by atoms with van der Waals surface area (Å²) in [4.78, 5) is 39.4. The van der Waals surface area contributed by atoms with Crippen LogP contribution in [0.25, 0.3) is 0 Å². The third-order valence-electron chi connectivity index (χ3n) is 4.30. The molecule has 1 heterocycles. The zero-order valence-corrected chi connectivity index (χ0v) is 14.4. The highest BCUT2D eigenvalue weighted by Gasteiger charge is 2.38. The van der Waals surface area contributed by atoms with Crippen molar-refractivity contribution in [1.82, 2.24) is 9.80 Å². The average molecular weight is 332 g/mol. The minimum atomic E-state index is -0.438. The van der Waals surface area contributed by atoms with Crippen molar-refractivity contribution in [3.05, 3.63) is 35.9 Å². The van der Waals surface area contributed by atoms with Gasteiger partial charge in [-0.1, -0.05) is 30.3 Å². The highest BCUT2D eigenvalue weighted by Crippen LogP contribution is 2.29. The van der Waals surface area contributed by atoms with Crippen LogP contribution in [0.4, 0.5) is 0 Å². The molecule has 0 N–H and O–H groups in total. The van der Waals surface area contributed by atoms with E-state index >= 15 is 0 Å². The average Bonchev–Trinajstić information content (AvgIpc) is 2.96. The van der Waals surface area contributed by atoms with E-state index in [1.807, 2.05) is 37.3 Å². The molecular weight excluding hydrogens is 308 g/mol. The van der Waals surface area contributed by atoms with Crippen molar-refractivity contribution in [2.45, 2.75) is 26.3 Å². The molecule has 24 heavy (non-hydrogen) atoms. The van der Waals surface area contributed by atoms with Crippen LogP contribution >= 0.6 is 0 Å². The summed E-state index contributed by atoms with van der Waals surface area (Å²) >= 11 is 0. The molecule has 2 rings (SSSR count). The summed E-state index contributed by atoms with van der Waals surface area (Å²) in [5.74, 6) is -1.08. The van der Waals surface area contributed by atoms with Gasteiger partial charge in [0, 0.05) is 20.0 Å². The second-order valence-electron chi connectivity index (χ2n) is 6.03. The van der Waals surface area contributed by atoms with E-state index in [2.05, 4.69) is 0 Å². The highest BCUT2D eigenvalue weighted by atomic mass is 16.5. The minimum Gasteiger partial charge on any atom is -0.465 e. The number of carbonyl (C=O) groups excluding carboxylic acids is 3. The van der Waals surface area contributed by atoms with Crippen molar-refractivity contribution < 1.29 is 19.1 Å². The van der Waals surface area contributed by atoms with E-state index in [0.29, 0.717) is 6.54 Å². The molecule has 0 aliphatic carbocycles. The molecule has 1 aliphatic heterocycles. The Labute approximate surface area is 142 Å². The predicted octanol–water partition coefficient (Wildman–Crippen LogP) is 1.62. The van der Waals surface area contributed by atoms with E-state index in [9.17, 15) is 14.4 Å². The van der Waals surface area contributed by atoms with Crippen LogP contribution < -0.4 is 0 Å². The fourth-order valence-electron chi connectivity index (χ4n) is 2.97. The Hall–Kier alpha value is -2.37. The Morgan fingerprint density at radius 1 is 1.33 bits per heavy atom. The number of likely N-dealkylation sites (tertiary alicyclic amines) is 1. The summed E-state index contributed by atoms with van der Waals surface area (Å²) in [5.41, 5.74) is 1.04. The SMILES string of the molecule is CCOC(=O)CN(C)C(=O)C1CC(=O)N(C(C)c2ccccc2)C1. The molecular formula is C18H24N2O4. The number of hydrogen-bond acceptors (Lipinski definition) is 4. The standard InChI is InChI=1S/C18H24N2O4/c1-4-24-17(22)12-19(3)18(23)15-10-16(21)20(11-15)13(2)14-8-6-5-7-9-14/h5-9,13,15H,4,10-12H2,1-3H3. The van der Waals surface area contributed by atoms with Crippen molar-refractivity contribution in [3.63, 3.8) is 0 Å². The fourth-order valence-corrected chi connectivity index (χ4v) is 2.97. The first kappa shape index (κ1) is 18.0. The third-order valence-corrected chi connectivity index (χ3v) is 4.30. The van der Waals surface area contributed by atoms with Gasteiger partial charge in [-0.15, -0.1) is 0 Å². The lowest BCUT2D eigenvalue weighted by Gasteiger charge is -2.26. The number of ether oxygens (including phenoxy) is 1. The second-order valence-corrected chi connectivity index (χ2v) is 6.03. The quantitative estimate of drug-likeness (QED) is 0.743. The van der Waals surface area contributed by atoms with Crippen LogP contribution in [0, 0.1) is 5.92 Å². The maximum atomic E-state index is 12.5. The predicted molar refractivity (Wildman–Crippen MR) is 88.9 cm³/mol. The maximum absolute atomic E-state index is 12.5. The Balaban J connectivity index is 1.98. The largest absolute Gasteiger partial charge is 0.465 e. The van der Waals surface area contributed by atoms with Gasteiger partial charge in [0.1, 0.15) is 6.54 Å². The molecule has 0 saturated carbocycles. The van der Waals surface area contributed by atoms with Gasteiger partial charge in [-0.25, -0.2) is 0 Å². The van der Waals surface area contributed by atoms with Gasteiger partial charge in [-0.2, -0.15) is 0 Å². The molecule has 0 bridgehead atoms. The fraction of sp³-hybridized carbons (Fsp3) is 0.500. The summed E-state index contributed by atoms with van der Waals surface area (Å²) in [7, 11) is 1.56. The van der Waals surface area contributed by atoms with Crippen LogP contribution in [0.15, 0.2) is 30.3 Å². The molecule has 6 nitrogen and oxygen atoms in total. The van der Waals surface area contributed by atoms with Crippen molar-refractivity contribution in [2.75, 3.05) is 26.7 Å². The summed E-state index contributed by atoms with van der Waals surface area (Å²) in [6.45, 7) is 4.25. The number of benzene rings is 1. The van der Waals surface area contributed by atoms with E-state index in [1.165, 1.54) is 4.90 Å². The van der Waals surface area contributed by atoms with Crippen molar-refractivity contribution in [3.8, 4) is 0 Å². The van der Waals surface area contributed by atoms with Crippen molar-refractivity contribution in [1.29, 1.82) is 0 Å². The molecule has 2 amide bonds. The Kier molecular flexibility index (Phi) is 5.95. The van der Waals surface area contributed by atoms with Gasteiger partial charge in [-0.05, 0) is 19.4 Å². The molecule has 1 aromatic carbocycles. The van der Waals surface area contributed by atoms with Gasteiger partial charge in [0.15, 0.2) is 0 Å². The molecule has 1 fully saturated rings. The minimum absolute atomic E-state index is 0.0331. The highest BCUT2D eigenvalue weighted by molar-refractivity contribution is 5.90. The number of hydrogen-bond donors (Lipinski definition) is 0. The molecule has 130 valence electrons. The molecule has 1 aliphatic rings. The van der Waals surface area contributed by atoms with Crippen LogP contribution in [0.1, 0.15) is 31.9 Å². The molecule has 6 heteroatoms. The zero-order valence-electron chi connectivity index (χ0n) is 14.4. The molecule has 0 aromatic heterocycles. The van der Waals surface area contributed by atoms with Gasteiger partial charge in [0.05, 0.1) is 18.6 Å². The Morgan fingerprint density at radius 2 is 2.00 bits per heavy atom. The van der Waals surface area contributed by atoms with Crippen molar-refractivity contribution >= 4 is 17.8 Å². The molecule has 0 spiro atoms. The summed E-state index contributed by atoms with van der Waals surface area (Å²) in [5, 5.41) is 0. The van der Waals surface area contributed by atoms with Gasteiger partial charge in [-0.3, -0.25) is 14.4 Å². The summed E-state index contributed by atoms with van der Waals surface area (Å²) in [6, 6.07) is 9.66. The van der Waals surface area contributed by atoms with E-state index in [0.717, 1.165) is 5.56 Å². The van der Waals surface area contributed by atoms with Gasteiger partial charge in [0.2, 0.25) is 11.8 Å². The topological polar surface area (TPSA) is 66.9 Å². The summed E-state index contributed by atoms with van der Waals surface area (Å²) in [6.07, 6.45) is 0.184. The number of amides is 2.